The number of nitrogens with two attached hydrogens (primary N) is 1. The maximum absolute atomic E-state index is 5.78. The molecular formula is C12H18BrN5S. The zero-order valence-electron chi connectivity index (χ0n) is 11.4. The number of nitrogens with one attached hydrogen (secondary N) is 1. The van der Waals surface area contributed by atoms with E-state index < -0.39 is 0 Å². The number of aryl methyl sites for hydroxylation is 2. The van der Waals surface area contributed by atoms with Crippen molar-refractivity contribution < 1.29 is 0 Å². The molecule has 7 heteroatoms. The fourth-order valence-corrected chi connectivity index (χ4v) is 3.62. The van der Waals surface area contributed by atoms with Gasteiger partial charge in [-0.1, -0.05) is 0 Å². The highest BCUT2D eigenvalue weighted by molar-refractivity contribution is 9.10. The highest BCUT2D eigenvalue weighted by Gasteiger charge is 2.25. The Bertz CT molecular complexity index is 575. The average Bonchev–Trinajstić information content (AvgIpc) is 2.85. The summed E-state index contributed by atoms with van der Waals surface area (Å²) in [4.78, 5) is 5.60. The van der Waals surface area contributed by atoms with Crippen molar-refractivity contribution >= 4 is 27.3 Å². The maximum atomic E-state index is 5.78. The van der Waals surface area contributed by atoms with Crippen molar-refractivity contribution in [1.29, 1.82) is 0 Å². The van der Waals surface area contributed by atoms with Crippen LogP contribution in [-0.4, -0.2) is 14.8 Å². The summed E-state index contributed by atoms with van der Waals surface area (Å²) in [6, 6.07) is 0.164. The second-order valence-corrected chi connectivity index (χ2v) is 6.79. The molecule has 2 rings (SSSR count). The molecule has 0 fully saturated rings. The minimum Gasteiger partial charge on any atom is -0.270 e. The van der Waals surface area contributed by atoms with Crippen LogP contribution in [0, 0.1) is 13.8 Å². The fraction of sp³-hybridized carbons (Fsp3) is 0.500. The molecule has 0 aromatic carbocycles. The summed E-state index contributed by atoms with van der Waals surface area (Å²) in [5.74, 6) is 5.78. The van der Waals surface area contributed by atoms with Gasteiger partial charge in [0.1, 0.15) is 0 Å². The third-order valence-electron chi connectivity index (χ3n) is 2.92. The van der Waals surface area contributed by atoms with Crippen LogP contribution in [0.3, 0.4) is 0 Å². The molecule has 5 nitrogen and oxygen atoms in total. The largest absolute Gasteiger partial charge is 0.270 e. The van der Waals surface area contributed by atoms with Gasteiger partial charge in [-0.15, -0.1) is 11.3 Å². The number of hydrazine groups is 1. The standard InChI is InChI=1S/C12H18BrN5S/c1-6(2)18-11(9(13)5-15-18)10(17-14)12-7(3)16-8(4)19-12/h5-6,10,17H,14H2,1-4H3. The van der Waals surface area contributed by atoms with Gasteiger partial charge in [-0.05, 0) is 43.6 Å². The van der Waals surface area contributed by atoms with Gasteiger partial charge in [0.15, 0.2) is 0 Å². The summed E-state index contributed by atoms with van der Waals surface area (Å²) in [7, 11) is 0. The highest BCUT2D eigenvalue weighted by Crippen LogP contribution is 2.34. The van der Waals surface area contributed by atoms with Crippen molar-refractivity contribution in [3.8, 4) is 0 Å². The number of nitrogens with zero attached hydrogens (tertiary/aromatic N) is 3. The first-order valence-electron chi connectivity index (χ1n) is 6.08. The van der Waals surface area contributed by atoms with Gasteiger partial charge < -0.3 is 0 Å². The monoisotopic (exact) mass is 343 g/mol. The van der Waals surface area contributed by atoms with E-state index >= 15 is 0 Å². The number of hydrogen-bond donors (Lipinski definition) is 2. The predicted octanol–water partition coefficient (Wildman–Crippen LogP) is 2.85. The van der Waals surface area contributed by atoms with Gasteiger partial charge in [-0.3, -0.25) is 10.5 Å². The normalized spacial score (nSPS) is 13.2. The molecule has 2 heterocycles. The lowest BCUT2D eigenvalue weighted by Crippen LogP contribution is -2.31. The fourth-order valence-electron chi connectivity index (χ4n) is 2.13. The second-order valence-electron chi connectivity index (χ2n) is 4.70. The molecule has 0 bridgehead atoms. The molecule has 2 aromatic heterocycles. The Hall–Kier alpha value is -0.760. The van der Waals surface area contributed by atoms with Gasteiger partial charge >= 0.3 is 0 Å². The first kappa shape index (κ1) is 14.6. The molecule has 104 valence electrons. The van der Waals surface area contributed by atoms with Crippen molar-refractivity contribution in [3.05, 3.63) is 31.9 Å². The zero-order chi connectivity index (χ0) is 14.2. The Morgan fingerprint density at radius 3 is 2.58 bits per heavy atom. The average molecular weight is 344 g/mol. The predicted molar refractivity (Wildman–Crippen MR) is 81.1 cm³/mol. The van der Waals surface area contributed by atoms with Crippen molar-refractivity contribution in [2.24, 2.45) is 5.84 Å². The maximum Gasteiger partial charge on any atom is 0.1000 e. The van der Waals surface area contributed by atoms with E-state index in [1.165, 1.54) is 0 Å². The first-order chi connectivity index (χ1) is 8.95. The Labute approximate surface area is 125 Å². The zero-order valence-corrected chi connectivity index (χ0v) is 13.8. The third-order valence-corrected chi connectivity index (χ3v) is 4.67. The topological polar surface area (TPSA) is 68.8 Å². The SMILES string of the molecule is Cc1nc(C)c(C(NN)c2c(Br)cnn2C(C)C)s1. The summed E-state index contributed by atoms with van der Waals surface area (Å²) in [6.45, 7) is 8.21. The lowest BCUT2D eigenvalue weighted by Gasteiger charge is -2.19. The summed E-state index contributed by atoms with van der Waals surface area (Å²) in [5.41, 5.74) is 4.93. The quantitative estimate of drug-likeness (QED) is 0.661. The van der Waals surface area contributed by atoms with Crippen molar-refractivity contribution in [1.82, 2.24) is 20.2 Å². The van der Waals surface area contributed by atoms with Gasteiger partial charge in [-0.2, -0.15) is 5.10 Å². The first-order valence-corrected chi connectivity index (χ1v) is 7.69. The molecule has 0 amide bonds. The minimum absolute atomic E-state index is 0.106. The highest BCUT2D eigenvalue weighted by atomic mass is 79.9. The van der Waals surface area contributed by atoms with E-state index in [2.05, 4.69) is 45.3 Å². The van der Waals surface area contributed by atoms with E-state index in [1.54, 1.807) is 11.3 Å². The Kier molecular flexibility index (Phi) is 4.39. The van der Waals surface area contributed by atoms with Crippen LogP contribution in [0.25, 0.3) is 0 Å². The number of aromatic nitrogens is 3. The Morgan fingerprint density at radius 2 is 2.11 bits per heavy atom. The number of hydrogen-bond acceptors (Lipinski definition) is 5. The minimum atomic E-state index is -0.106. The van der Waals surface area contributed by atoms with Crippen LogP contribution in [0.1, 0.15) is 47.2 Å². The van der Waals surface area contributed by atoms with Gasteiger partial charge in [0.25, 0.3) is 0 Å². The van der Waals surface area contributed by atoms with Crippen molar-refractivity contribution in [3.63, 3.8) is 0 Å². The van der Waals surface area contributed by atoms with Gasteiger partial charge in [0.05, 0.1) is 38.0 Å². The lowest BCUT2D eigenvalue weighted by atomic mass is 10.1. The molecule has 0 aliphatic carbocycles. The van der Waals surface area contributed by atoms with Gasteiger partial charge in [0, 0.05) is 6.04 Å². The van der Waals surface area contributed by atoms with Crippen LogP contribution < -0.4 is 11.3 Å². The molecule has 0 radical (unpaired) electrons. The molecule has 2 aromatic rings. The van der Waals surface area contributed by atoms with Crippen LogP contribution in [0.2, 0.25) is 0 Å². The van der Waals surface area contributed by atoms with E-state index in [4.69, 9.17) is 5.84 Å². The number of thiazole rings is 1. The molecule has 0 saturated carbocycles. The van der Waals surface area contributed by atoms with Crippen molar-refractivity contribution in [2.75, 3.05) is 0 Å². The number of rotatable bonds is 4. The molecule has 0 saturated heterocycles. The molecule has 0 aliphatic rings. The summed E-state index contributed by atoms with van der Waals surface area (Å²) < 4.78 is 2.93. The smallest absolute Gasteiger partial charge is 0.1000 e. The van der Waals surface area contributed by atoms with Gasteiger partial charge in [0.2, 0.25) is 0 Å². The van der Waals surface area contributed by atoms with E-state index in [1.807, 2.05) is 24.7 Å². The summed E-state index contributed by atoms with van der Waals surface area (Å²) in [5, 5.41) is 5.45. The summed E-state index contributed by atoms with van der Waals surface area (Å²) >= 11 is 5.22. The van der Waals surface area contributed by atoms with E-state index in [0.717, 1.165) is 25.7 Å². The third kappa shape index (κ3) is 2.74. The molecule has 19 heavy (non-hydrogen) atoms. The van der Waals surface area contributed by atoms with E-state index in [-0.39, 0.29) is 12.1 Å². The number of halogens is 1. The van der Waals surface area contributed by atoms with Crippen molar-refractivity contribution in [2.45, 2.75) is 39.8 Å². The second kappa shape index (κ2) is 5.70. The molecule has 0 spiro atoms. The molecule has 1 atom stereocenters. The van der Waals surface area contributed by atoms with Crippen LogP contribution in [0.15, 0.2) is 10.7 Å². The molecule has 3 N–H and O–H groups in total. The Balaban J connectivity index is 2.54. The Morgan fingerprint density at radius 1 is 1.42 bits per heavy atom. The van der Waals surface area contributed by atoms with E-state index in [0.29, 0.717) is 0 Å². The van der Waals surface area contributed by atoms with Crippen LogP contribution in [0.4, 0.5) is 0 Å². The van der Waals surface area contributed by atoms with Gasteiger partial charge in [-0.25, -0.2) is 10.4 Å². The molecule has 1 unspecified atom stereocenters. The van der Waals surface area contributed by atoms with Crippen LogP contribution in [0.5, 0.6) is 0 Å². The van der Waals surface area contributed by atoms with Crippen LogP contribution in [-0.2, 0) is 0 Å². The summed E-state index contributed by atoms with van der Waals surface area (Å²) in [6.07, 6.45) is 1.81. The lowest BCUT2D eigenvalue weighted by molar-refractivity contribution is 0.477. The van der Waals surface area contributed by atoms with Crippen LogP contribution >= 0.6 is 27.3 Å². The molecular weight excluding hydrogens is 326 g/mol. The molecule has 0 aliphatic heterocycles. The van der Waals surface area contributed by atoms with E-state index in [9.17, 15) is 0 Å².